The van der Waals surface area contributed by atoms with Crippen molar-refractivity contribution in [3.63, 3.8) is 0 Å². The van der Waals surface area contributed by atoms with Crippen molar-refractivity contribution in [2.45, 2.75) is 62.6 Å². The lowest BCUT2D eigenvalue weighted by Gasteiger charge is -2.52. The second-order valence-corrected chi connectivity index (χ2v) is 9.81. The van der Waals surface area contributed by atoms with Gasteiger partial charge in [-0.3, -0.25) is 0 Å². The predicted molar refractivity (Wildman–Crippen MR) is 129 cm³/mol. The van der Waals surface area contributed by atoms with Crippen molar-refractivity contribution in [3.8, 4) is 23.6 Å². The second-order valence-electron chi connectivity index (χ2n) is 9.81. The third kappa shape index (κ3) is 4.70. The van der Waals surface area contributed by atoms with Crippen LogP contribution in [0.15, 0.2) is 60.8 Å². The first-order valence-corrected chi connectivity index (χ1v) is 12.1. The number of aromatic nitrogens is 2. The van der Waals surface area contributed by atoms with Crippen molar-refractivity contribution in [2.24, 2.45) is 5.92 Å². The molecule has 186 valence electrons. The molecule has 0 spiro atoms. The average molecular weight is 493 g/mol. The summed E-state index contributed by atoms with van der Waals surface area (Å²) in [7, 11) is 0. The number of halogens is 3. The van der Waals surface area contributed by atoms with Crippen molar-refractivity contribution in [1.82, 2.24) is 9.97 Å². The molecule has 7 heteroatoms. The van der Waals surface area contributed by atoms with Crippen LogP contribution in [0.2, 0.25) is 0 Å². The first-order valence-electron chi connectivity index (χ1n) is 12.1. The van der Waals surface area contributed by atoms with E-state index in [-0.39, 0.29) is 17.3 Å². The summed E-state index contributed by atoms with van der Waals surface area (Å²) in [4.78, 5) is 7.38. The molecule has 4 nitrogen and oxygen atoms in total. The van der Waals surface area contributed by atoms with Gasteiger partial charge in [-0.15, -0.1) is 5.92 Å². The molecule has 0 aliphatic heterocycles. The molecule has 2 aromatic carbocycles. The van der Waals surface area contributed by atoms with Crippen LogP contribution in [-0.4, -0.2) is 20.7 Å². The van der Waals surface area contributed by atoms with Crippen LogP contribution in [-0.2, 0) is 24.4 Å². The highest BCUT2D eigenvalue weighted by molar-refractivity contribution is 5.46. The maximum absolute atomic E-state index is 13.0. The van der Waals surface area contributed by atoms with E-state index in [4.69, 9.17) is 4.74 Å². The molecule has 0 bridgehead atoms. The fourth-order valence-electron chi connectivity index (χ4n) is 6.02. The smallest absolute Gasteiger partial charge is 0.424 e. The SMILES string of the molecule is CC#C[C@@]1(O)CC[C@@]2(Cc3ccccc3)c3ccc(Oc4nccc(C(F)(F)F)n4)cc3CC[C@@H]2C1. The predicted octanol–water partition coefficient (Wildman–Crippen LogP) is 6.27. The molecule has 0 unspecified atom stereocenters. The third-order valence-electron chi connectivity index (χ3n) is 7.58. The van der Waals surface area contributed by atoms with Gasteiger partial charge < -0.3 is 9.84 Å². The number of hydrogen-bond donors (Lipinski definition) is 1. The number of rotatable bonds is 4. The highest BCUT2D eigenvalue weighted by Gasteiger charge is 2.51. The van der Waals surface area contributed by atoms with E-state index in [2.05, 4.69) is 33.9 Å². The topological polar surface area (TPSA) is 55.2 Å². The van der Waals surface area contributed by atoms with Gasteiger partial charge in [0, 0.05) is 11.6 Å². The molecule has 0 radical (unpaired) electrons. The van der Waals surface area contributed by atoms with Gasteiger partial charge in [-0.05, 0) is 86.3 Å². The maximum atomic E-state index is 13.0. The van der Waals surface area contributed by atoms with E-state index >= 15 is 0 Å². The summed E-state index contributed by atoms with van der Waals surface area (Å²) in [6, 6.07) is 16.5. The molecule has 5 rings (SSSR count). The van der Waals surface area contributed by atoms with Gasteiger partial charge in [0.05, 0.1) is 0 Å². The molecule has 0 saturated heterocycles. The summed E-state index contributed by atoms with van der Waals surface area (Å²) in [5.74, 6) is 6.60. The highest BCUT2D eigenvalue weighted by Crippen LogP contribution is 2.54. The van der Waals surface area contributed by atoms with E-state index in [1.807, 2.05) is 30.3 Å². The average Bonchev–Trinajstić information content (AvgIpc) is 2.85. The number of ether oxygens (including phenoxy) is 1. The Labute approximate surface area is 208 Å². The summed E-state index contributed by atoms with van der Waals surface area (Å²) in [6.07, 6.45) is 0.999. The number of benzene rings is 2. The molecule has 2 aliphatic carbocycles. The lowest BCUT2D eigenvalue weighted by Crippen LogP contribution is -2.50. The first kappa shape index (κ1) is 24.3. The molecule has 0 amide bonds. The Bertz CT molecular complexity index is 1320. The standard InChI is InChI=1S/C29H27F3N2O2/c1-2-13-27(35)14-15-28(18-20-6-4-3-5-7-20)22(19-27)9-8-21-17-23(10-11-24(21)28)36-26-33-16-12-25(34-26)29(30,31)32/h3-7,10-12,16-17,22,35H,8-9,14-15,18-19H2,1H3/t22-,27-,28+/m1/s1. The van der Waals surface area contributed by atoms with E-state index in [1.54, 1.807) is 13.0 Å². The van der Waals surface area contributed by atoms with Crippen molar-refractivity contribution in [2.75, 3.05) is 0 Å². The van der Waals surface area contributed by atoms with Crippen LogP contribution in [0, 0.1) is 17.8 Å². The Balaban J connectivity index is 1.49. The van der Waals surface area contributed by atoms with Crippen molar-refractivity contribution in [1.29, 1.82) is 0 Å². The van der Waals surface area contributed by atoms with E-state index in [0.29, 0.717) is 18.6 Å². The zero-order valence-electron chi connectivity index (χ0n) is 20.0. The van der Waals surface area contributed by atoms with Crippen LogP contribution in [0.4, 0.5) is 13.2 Å². The van der Waals surface area contributed by atoms with Gasteiger partial charge in [0.1, 0.15) is 11.4 Å². The number of hydrogen-bond acceptors (Lipinski definition) is 4. The van der Waals surface area contributed by atoms with Crippen LogP contribution < -0.4 is 4.74 Å². The Morgan fingerprint density at radius 3 is 2.67 bits per heavy atom. The fourth-order valence-corrected chi connectivity index (χ4v) is 6.02. The molecule has 1 saturated carbocycles. The fraction of sp³-hybridized carbons (Fsp3) is 0.379. The van der Waals surface area contributed by atoms with E-state index in [9.17, 15) is 18.3 Å². The number of aliphatic hydroxyl groups is 1. The largest absolute Gasteiger partial charge is 0.433 e. The molecule has 1 aromatic heterocycles. The van der Waals surface area contributed by atoms with Crippen LogP contribution >= 0.6 is 0 Å². The minimum Gasteiger partial charge on any atom is -0.424 e. The quantitative estimate of drug-likeness (QED) is 0.436. The van der Waals surface area contributed by atoms with Gasteiger partial charge in [-0.25, -0.2) is 4.98 Å². The van der Waals surface area contributed by atoms with Gasteiger partial charge in [-0.1, -0.05) is 42.3 Å². The van der Waals surface area contributed by atoms with Crippen molar-refractivity contribution >= 4 is 0 Å². The van der Waals surface area contributed by atoms with E-state index in [1.165, 1.54) is 11.1 Å². The summed E-state index contributed by atoms with van der Waals surface area (Å²) < 4.78 is 44.8. The second kappa shape index (κ2) is 9.25. The molecular weight excluding hydrogens is 465 g/mol. The minimum absolute atomic E-state index is 0.165. The molecule has 3 aromatic rings. The maximum Gasteiger partial charge on any atom is 0.433 e. The van der Waals surface area contributed by atoms with E-state index in [0.717, 1.165) is 43.5 Å². The van der Waals surface area contributed by atoms with E-state index < -0.39 is 17.5 Å². The summed E-state index contributed by atoms with van der Waals surface area (Å²) in [5.41, 5.74) is 1.38. The zero-order valence-corrected chi connectivity index (χ0v) is 20.0. The van der Waals surface area contributed by atoms with Gasteiger partial charge >= 0.3 is 12.2 Å². The number of alkyl halides is 3. The summed E-state index contributed by atoms with van der Waals surface area (Å²) >= 11 is 0. The highest BCUT2D eigenvalue weighted by atomic mass is 19.4. The Morgan fingerprint density at radius 1 is 1.11 bits per heavy atom. The van der Waals surface area contributed by atoms with Crippen LogP contribution in [0.5, 0.6) is 11.8 Å². The Morgan fingerprint density at radius 2 is 1.92 bits per heavy atom. The summed E-state index contributed by atoms with van der Waals surface area (Å²) in [5, 5.41) is 11.1. The van der Waals surface area contributed by atoms with Crippen LogP contribution in [0.3, 0.4) is 0 Å². The van der Waals surface area contributed by atoms with Crippen molar-refractivity contribution < 1.29 is 23.0 Å². The number of fused-ring (bicyclic) bond motifs is 3. The number of nitrogens with zero attached hydrogens (tertiary/aromatic N) is 2. The van der Waals surface area contributed by atoms with Crippen molar-refractivity contribution in [3.05, 3.63) is 83.2 Å². The zero-order chi connectivity index (χ0) is 25.4. The first-order chi connectivity index (χ1) is 17.2. The summed E-state index contributed by atoms with van der Waals surface area (Å²) in [6.45, 7) is 1.76. The molecular formula is C29H27F3N2O2. The lowest BCUT2D eigenvalue weighted by molar-refractivity contribution is -0.141. The van der Waals surface area contributed by atoms with Gasteiger partial charge in [0.2, 0.25) is 0 Å². The van der Waals surface area contributed by atoms with Crippen LogP contribution in [0.1, 0.15) is 55.0 Å². The number of aryl methyl sites for hydroxylation is 1. The Kier molecular flexibility index (Phi) is 6.25. The Hall–Kier alpha value is -3.37. The van der Waals surface area contributed by atoms with Crippen LogP contribution in [0.25, 0.3) is 0 Å². The van der Waals surface area contributed by atoms with Gasteiger partial charge in [0.25, 0.3) is 0 Å². The molecule has 36 heavy (non-hydrogen) atoms. The normalized spacial score (nSPS) is 25.2. The molecule has 1 heterocycles. The minimum atomic E-state index is -4.57. The third-order valence-corrected chi connectivity index (χ3v) is 7.58. The molecule has 1 N–H and O–H groups in total. The van der Waals surface area contributed by atoms with Gasteiger partial charge in [-0.2, -0.15) is 18.2 Å². The molecule has 1 fully saturated rings. The molecule has 3 atom stereocenters. The van der Waals surface area contributed by atoms with Gasteiger partial charge in [0.15, 0.2) is 5.69 Å². The monoisotopic (exact) mass is 492 g/mol. The lowest BCUT2D eigenvalue weighted by atomic mass is 9.52. The molecule has 2 aliphatic rings.